The highest BCUT2D eigenvalue weighted by Gasteiger charge is 2.58. The van der Waals surface area contributed by atoms with Gasteiger partial charge in [0.15, 0.2) is 0 Å². The van der Waals surface area contributed by atoms with Gasteiger partial charge in [0, 0.05) is 12.0 Å². The van der Waals surface area contributed by atoms with Crippen molar-refractivity contribution >= 4 is 10.0 Å². The molecule has 1 atom stereocenters. The molecule has 0 aromatic rings. The van der Waals surface area contributed by atoms with Gasteiger partial charge in [0.25, 0.3) is 5.92 Å². The summed E-state index contributed by atoms with van der Waals surface area (Å²) in [5.41, 5.74) is -1.32. The Bertz CT molecular complexity index is 310. The third kappa shape index (κ3) is 1.46. The van der Waals surface area contributed by atoms with Gasteiger partial charge in [0.1, 0.15) is 5.25 Å². The van der Waals surface area contributed by atoms with Crippen LogP contribution in [-0.2, 0) is 10.0 Å². The van der Waals surface area contributed by atoms with Crippen LogP contribution in [0.1, 0.15) is 20.8 Å². The highest BCUT2D eigenvalue weighted by Crippen LogP contribution is 2.43. The van der Waals surface area contributed by atoms with E-state index in [9.17, 15) is 17.2 Å². The fraction of sp³-hybridized carbons (Fsp3) is 1.00. The van der Waals surface area contributed by atoms with E-state index in [1.54, 1.807) is 0 Å². The Morgan fingerprint density at radius 3 is 2.23 bits per heavy atom. The first-order valence-corrected chi connectivity index (χ1v) is 5.52. The van der Waals surface area contributed by atoms with E-state index in [4.69, 9.17) is 0 Å². The minimum atomic E-state index is -3.84. The summed E-state index contributed by atoms with van der Waals surface area (Å²) in [6, 6.07) is 0. The fourth-order valence-electron chi connectivity index (χ4n) is 1.27. The quantitative estimate of drug-likeness (QED) is 0.651. The Labute approximate surface area is 76.6 Å². The first-order valence-electron chi connectivity index (χ1n) is 3.97. The molecule has 0 spiro atoms. The lowest BCUT2D eigenvalue weighted by Gasteiger charge is -2.41. The Hall–Kier alpha value is -0.230. The lowest BCUT2D eigenvalue weighted by molar-refractivity contribution is -0.107. The van der Waals surface area contributed by atoms with Gasteiger partial charge in [0.05, 0.1) is 0 Å². The summed E-state index contributed by atoms with van der Waals surface area (Å²) in [5.74, 6) is -3.18. The van der Waals surface area contributed by atoms with Gasteiger partial charge in [-0.1, -0.05) is 13.8 Å². The average molecular weight is 213 g/mol. The van der Waals surface area contributed by atoms with Crippen molar-refractivity contribution in [2.75, 3.05) is 6.54 Å². The molecule has 78 valence electrons. The lowest BCUT2D eigenvalue weighted by Crippen LogP contribution is -2.61. The van der Waals surface area contributed by atoms with E-state index in [0.717, 1.165) is 6.92 Å². The van der Waals surface area contributed by atoms with Gasteiger partial charge in [-0.2, -0.15) is 0 Å². The summed E-state index contributed by atoms with van der Waals surface area (Å²) in [7, 11) is -3.84. The van der Waals surface area contributed by atoms with Crippen molar-refractivity contribution in [3.8, 4) is 0 Å². The number of hydrogen-bond donors (Lipinski definition) is 1. The molecule has 6 heteroatoms. The summed E-state index contributed by atoms with van der Waals surface area (Å²) < 4.78 is 51.2. The number of sulfonamides is 1. The monoisotopic (exact) mass is 213 g/mol. The molecule has 0 bridgehead atoms. The summed E-state index contributed by atoms with van der Waals surface area (Å²) in [5, 5.41) is -1.66. The fourth-order valence-corrected chi connectivity index (χ4v) is 2.79. The number of alkyl halides is 2. The van der Waals surface area contributed by atoms with Gasteiger partial charge in [-0.25, -0.2) is 21.9 Å². The zero-order valence-corrected chi connectivity index (χ0v) is 8.58. The summed E-state index contributed by atoms with van der Waals surface area (Å²) in [6.07, 6.45) is 0. The van der Waals surface area contributed by atoms with Crippen LogP contribution < -0.4 is 4.72 Å². The van der Waals surface area contributed by atoms with Crippen LogP contribution in [0, 0.1) is 5.41 Å². The third-order valence-electron chi connectivity index (χ3n) is 2.59. The second kappa shape index (κ2) is 2.63. The van der Waals surface area contributed by atoms with Gasteiger partial charge in [0.2, 0.25) is 10.0 Å². The second-order valence-corrected chi connectivity index (χ2v) is 6.10. The SMILES string of the molecule is CC1C(F)(F)C(C)(C)CNS1(=O)=O. The molecule has 0 aliphatic carbocycles. The van der Waals surface area contributed by atoms with Gasteiger partial charge in [-0.15, -0.1) is 0 Å². The molecule has 0 amide bonds. The highest BCUT2D eigenvalue weighted by atomic mass is 32.2. The van der Waals surface area contributed by atoms with E-state index in [-0.39, 0.29) is 6.54 Å². The first-order chi connectivity index (χ1) is 5.61. The van der Waals surface area contributed by atoms with Gasteiger partial charge in [-0.05, 0) is 6.92 Å². The van der Waals surface area contributed by atoms with Crippen molar-refractivity contribution in [3.63, 3.8) is 0 Å². The topological polar surface area (TPSA) is 46.2 Å². The van der Waals surface area contributed by atoms with Crippen LogP contribution in [-0.4, -0.2) is 26.1 Å². The number of halogens is 2. The van der Waals surface area contributed by atoms with Gasteiger partial charge >= 0.3 is 0 Å². The summed E-state index contributed by atoms with van der Waals surface area (Å²) in [6.45, 7) is 3.52. The number of hydrogen-bond acceptors (Lipinski definition) is 2. The maximum atomic E-state index is 13.5. The molecule has 1 N–H and O–H groups in total. The maximum absolute atomic E-state index is 13.5. The average Bonchev–Trinajstić information content (AvgIpc) is 1.97. The second-order valence-electron chi connectivity index (χ2n) is 4.02. The molecule has 0 radical (unpaired) electrons. The molecule has 1 fully saturated rings. The summed E-state index contributed by atoms with van der Waals surface area (Å²) >= 11 is 0. The highest BCUT2D eigenvalue weighted by molar-refractivity contribution is 7.90. The minimum absolute atomic E-state index is 0.216. The van der Waals surface area contributed by atoms with E-state index < -0.39 is 26.6 Å². The van der Waals surface area contributed by atoms with Crippen LogP contribution in [0.15, 0.2) is 0 Å². The third-order valence-corrected chi connectivity index (χ3v) is 4.37. The van der Waals surface area contributed by atoms with Crippen LogP contribution in [0.2, 0.25) is 0 Å². The zero-order valence-electron chi connectivity index (χ0n) is 7.77. The van der Waals surface area contributed by atoms with Gasteiger partial charge < -0.3 is 0 Å². The number of nitrogens with one attached hydrogen (secondary N) is 1. The van der Waals surface area contributed by atoms with E-state index in [0.29, 0.717) is 0 Å². The molecular weight excluding hydrogens is 200 g/mol. The largest absolute Gasteiger partial charge is 0.271 e. The molecular formula is C7H13F2NO2S. The van der Waals surface area contributed by atoms with Crippen molar-refractivity contribution < 1.29 is 17.2 Å². The minimum Gasteiger partial charge on any atom is -0.214 e. The molecule has 0 saturated carbocycles. The molecule has 3 nitrogen and oxygen atoms in total. The van der Waals surface area contributed by atoms with E-state index in [2.05, 4.69) is 4.72 Å². The van der Waals surface area contributed by atoms with Crippen molar-refractivity contribution in [2.45, 2.75) is 31.9 Å². The van der Waals surface area contributed by atoms with E-state index in [1.165, 1.54) is 13.8 Å². The number of rotatable bonds is 0. The Balaban J connectivity index is 3.14. The van der Waals surface area contributed by atoms with Crippen LogP contribution in [0.25, 0.3) is 0 Å². The predicted octanol–water partition coefficient (Wildman–Crippen LogP) is 0.969. The van der Waals surface area contributed by atoms with Crippen molar-refractivity contribution in [3.05, 3.63) is 0 Å². The van der Waals surface area contributed by atoms with Crippen LogP contribution in [0.5, 0.6) is 0 Å². The Morgan fingerprint density at radius 2 is 1.85 bits per heavy atom. The van der Waals surface area contributed by atoms with E-state index in [1.807, 2.05) is 0 Å². The van der Waals surface area contributed by atoms with E-state index >= 15 is 0 Å². The molecule has 0 aromatic heterocycles. The molecule has 13 heavy (non-hydrogen) atoms. The molecule has 1 heterocycles. The van der Waals surface area contributed by atoms with Crippen molar-refractivity contribution in [1.29, 1.82) is 0 Å². The lowest BCUT2D eigenvalue weighted by atomic mass is 9.84. The standard InChI is InChI=1S/C7H13F2NO2S/c1-5-7(8,9)6(2,3)4-10-13(5,11)12/h5,10H,4H2,1-3H3. The molecule has 1 aliphatic rings. The Kier molecular flexibility index (Phi) is 2.20. The zero-order chi connectivity index (χ0) is 10.5. The van der Waals surface area contributed by atoms with Crippen LogP contribution in [0.4, 0.5) is 8.78 Å². The summed E-state index contributed by atoms with van der Waals surface area (Å²) in [4.78, 5) is 0. The first kappa shape index (κ1) is 10.8. The maximum Gasteiger partial charge on any atom is 0.271 e. The molecule has 1 rings (SSSR count). The molecule has 1 saturated heterocycles. The Morgan fingerprint density at radius 1 is 1.38 bits per heavy atom. The van der Waals surface area contributed by atoms with Gasteiger partial charge in [-0.3, -0.25) is 0 Å². The van der Waals surface area contributed by atoms with Crippen molar-refractivity contribution in [2.24, 2.45) is 5.41 Å². The smallest absolute Gasteiger partial charge is 0.214 e. The molecule has 0 aromatic carbocycles. The molecule has 1 unspecified atom stereocenters. The van der Waals surface area contributed by atoms with Crippen LogP contribution in [0.3, 0.4) is 0 Å². The van der Waals surface area contributed by atoms with Crippen molar-refractivity contribution in [1.82, 2.24) is 4.72 Å². The normalized spacial score (nSPS) is 35.6. The predicted molar refractivity (Wildman–Crippen MR) is 45.1 cm³/mol. The van der Waals surface area contributed by atoms with Crippen LogP contribution >= 0.6 is 0 Å². The molecule has 1 aliphatic heterocycles.